The van der Waals surface area contributed by atoms with Crippen LogP contribution in [0.5, 0.6) is 0 Å². The fraction of sp³-hybridized carbons (Fsp3) is 1.00. The molecule has 0 nitrogen and oxygen atoms in total. The van der Waals surface area contributed by atoms with Crippen LogP contribution in [0.25, 0.3) is 0 Å². The van der Waals surface area contributed by atoms with E-state index >= 15 is 0 Å². The topological polar surface area (TPSA) is 0 Å². The summed E-state index contributed by atoms with van der Waals surface area (Å²) in [5.41, 5.74) is 0. The Morgan fingerprint density at radius 1 is 0.381 bits per heavy atom. The van der Waals surface area contributed by atoms with Crippen molar-refractivity contribution in [2.75, 3.05) is 0 Å². The van der Waals surface area contributed by atoms with Gasteiger partial charge >= 0.3 is 146 Å². The van der Waals surface area contributed by atoms with Crippen LogP contribution in [-0.2, 0) is 0 Å². The van der Waals surface area contributed by atoms with Gasteiger partial charge in [-0.2, -0.15) is 0 Å². The van der Waals surface area contributed by atoms with Crippen LogP contribution < -0.4 is 0 Å². The van der Waals surface area contributed by atoms with Gasteiger partial charge in [0, 0.05) is 0 Å². The van der Waals surface area contributed by atoms with Crippen LogP contribution in [0.4, 0.5) is 0 Å². The molecule has 128 valence electrons. The standard InChI is InChI=1S/C20H42Te/c1-3-5-7-9-11-13-15-17-19-21-20-18-16-14-12-10-8-6-4-2/h3-20H2,1-2H3. The van der Waals surface area contributed by atoms with Crippen molar-refractivity contribution in [1.82, 2.24) is 0 Å². The average molecular weight is 410 g/mol. The van der Waals surface area contributed by atoms with Crippen molar-refractivity contribution in [3.8, 4) is 0 Å². The van der Waals surface area contributed by atoms with Crippen molar-refractivity contribution in [2.45, 2.75) is 126 Å². The summed E-state index contributed by atoms with van der Waals surface area (Å²) < 4.78 is 3.24. The van der Waals surface area contributed by atoms with E-state index < -0.39 is 0 Å². The van der Waals surface area contributed by atoms with Crippen molar-refractivity contribution >= 4 is 20.9 Å². The van der Waals surface area contributed by atoms with Gasteiger partial charge in [0.15, 0.2) is 0 Å². The Hall–Kier alpha value is 0.790. The van der Waals surface area contributed by atoms with Crippen molar-refractivity contribution in [3.63, 3.8) is 0 Å². The molecule has 0 spiro atoms. The fourth-order valence-electron chi connectivity index (χ4n) is 2.78. The molecule has 0 fully saturated rings. The molecule has 0 unspecified atom stereocenters. The molecule has 0 radical (unpaired) electrons. The number of hydrogen-bond donors (Lipinski definition) is 0. The van der Waals surface area contributed by atoms with Crippen molar-refractivity contribution in [1.29, 1.82) is 0 Å². The van der Waals surface area contributed by atoms with Crippen molar-refractivity contribution in [2.24, 2.45) is 0 Å². The average Bonchev–Trinajstić information content (AvgIpc) is 2.50. The zero-order valence-corrected chi connectivity index (χ0v) is 17.5. The molecule has 0 atom stereocenters. The summed E-state index contributed by atoms with van der Waals surface area (Å²) in [5, 5.41) is 0. The van der Waals surface area contributed by atoms with E-state index in [1.54, 1.807) is 21.8 Å². The molecule has 0 aromatic rings. The second kappa shape index (κ2) is 20.8. The third-order valence-electron chi connectivity index (χ3n) is 4.28. The van der Waals surface area contributed by atoms with Gasteiger partial charge in [-0.1, -0.05) is 0 Å². The molecule has 0 amide bonds. The zero-order chi connectivity index (χ0) is 15.4. The first-order chi connectivity index (χ1) is 10.4. The molecule has 0 saturated carbocycles. The van der Waals surface area contributed by atoms with Crippen LogP contribution in [0, 0.1) is 0 Å². The molecule has 0 heterocycles. The SMILES string of the molecule is CCCCCCCCCC[Te]CCCCCCCCCC. The second-order valence-corrected chi connectivity index (χ2v) is 10.1. The predicted octanol–water partition coefficient (Wildman–Crippen LogP) is 7.81. The maximum atomic E-state index is 2.30. The van der Waals surface area contributed by atoms with E-state index in [1.165, 1.54) is 89.9 Å². The van der Waals surface area contributed by atoms with Gasteiger partial charge < -0.3 is 0 Å². The first kappa shape index (κ1) is 21.8. The Morgan fingerprint density at radius 2 is 0.667 bits per heavy atom. The van der Waals surface area contributed by atoms with Crippen LogP contribution in [0.3, 0.4) is 0 Å². The predicted molar refractivity (Wildman–Crippen MR) is 101 cm³/mol. The van der Waals surface area contributed by atoms with Gasteiger partial charge in [0.05, 0.1) is 0 Å². The third kappa shape index (κ3) is 20.8. The quantitative estimate of drug-likeness (QED) is 0.160. The molecular formula is C20H42Te. The van der Waals surface area contributed by atoms with Gasteiger partial charge in [-0.15, -0.1) is 0 Å². The van der Waals surface area contributed by atoms with E-state index in [0.717, 1.165) is 0 Å². The molecule has 0 aromatic carbocycles. The Labute approximate surface area is 146 Å². The second-order valence-electron chi connectivity index (χ2n) is 6.56. The molecule has 0 N–H and O–H groups in total. The first-order valence-electron chi connectivity index (χ1n) is 9.99. The molecule has 1 heteroatoms. The van der Waals surface area contributed by atoms with E-state index in [2.05, 4.69) is 13.8 Å². The molecular weight excluding hydrogens is 368 g/mol. The first-order valence-corrected chi connectivity index (χ1v) is 13.3. The van der Waals surface area contributed by atoms with Gasteiger partial charge in [0.25, 0.3) is 0 Å². The molecule has 0 aliphatic carbocycles. The van der Waals surface area contributed by atoms with Crippen LogP contribution in [-0.4, -0.2) is 20.9 Å². The summed E-state index contributed by atoms with van der Waals surface area (Å²) in [6.07, 6.45) is 23.7. The van der Waals surface area contributed by atoms with E-state index in [9.17, 15) is 0 Å². The Balaban J connectivity index is 2.90. The third-order valence-corrected chi connectivity index (χ3v) is 7.58. The molecule has 0 aliphatic rings. The van der Waals surface area contributed by atoms with Crippen LogP contribution >= 0.6 is 0 Å². The Kier molecular flexibility index (Phi) is 21.6. The Morgan fingerprint density at radius 3 is 1.00 bits per heavy atom. The summed E-state index contributed by atoms with van der Waals surface area (Å²) in [7, 11) is 0. The summed E-state index contributed by atoms with van der Waals surface area (Å²) in [6.45, 7) is 4.60. The minimum atomic E-state index is 0.391. The van der Waals surface area contributed by atoms with Gasteiger partial charge in [-0.05, 0) is 0 Å². The number of hydrogen-bond acceptors (Lipinski definition) is 0. The normalized spacial score (nSPS) is 11.1. The van der Waals surface area contributed by atoms with Gasteiger partial charge in [-0.3, -0.25) is 0 Å². The monoisotopic (exact) mass is 412 g/mol. The van der Waals surface area contributed by atoms with Crippen LogP contribution in [0.1, 0.15) is 117 Å². The van der Waals surface area contributed by atoms with Gasteiger partial charge in [0.1, 0.15) is 0 Å². The van der Waals surface area contributed by atoms with Crippen molar-refractivity contribution in [3.05, 3.63) is 0 Å². The summed E-state index contributed by atoms with van der Waals surface area (Å²) in [4.78, 5) is 0. The maximum absolute atomic E-state index is 2.30. The number of unbranched alkanes of at least 4 members (excludes halogenated alkanes) is 14. The van der Waals surface area contributed by atoms with E-state index in [4.69, 9.17) is 0 Å². The fourth-order valence-corrected chi connectivity index (χ4v) is 5.69. The summed E-state index contributed by atoms with van der Waals surface area (Å²) in [5.74, 6) is 0. The Bertz CT molecular complexity index is 149. The van der Waals surface area contributed by atoms with E-state index in [-0.39, 0.29) is 0 Å². The van der Waals surface area contributed by atoms with Gasteiger partial charge in [-0.25, -0.2) is 0 Å². The van der Waals surface area contributed by atoms with Crippen LogP contribution in [0.15, 0.2) is 0 Å². The molecule has 21 heavy (non-hydrogen) atoms. The molecule has 0 aliphatic heterocycles. The minimum absolute atomic E-state index is 0.391. The van der Waals surface area contributed by atoms with Crippen LogP contribution in [0.2, 0.25) is 8.94 Å². The zero-order valence-electron chi connectivity index (χ0n) is 15.1. The summed E-state index contributed by atoms with van der Waals surface area (Å²) >= 11 is 0.391. The number of rotatable bonds is 18. The van der Waals surface area contributed by atoms with E-state index in [0.29, 0.717) is 20.9 Å². The molecule has 0 rings (SSSR count). The molecule has 0 saturated heterocycles. The summed E-state index contributed by atoms with van der Waals surface area (Å²) in [6, 6.07) is 0. The van der Waals surface area contributed by atoms with Gasteiger partial charge in [0.2, 0.25) is 0 Å². The molecule has 0 aromatic heterocycles. The van der Waals surface area contributed by atoms with Crippen molar-refractivity contribution < 1.29 is 0 Å². The van der Waals surface area contributed by atoms with E-state index in [1.807, 2.05) is 0 Å². The molecule has 0 bridgehead atoms.